The van der Waals surface area contributed by atoms with Crippen LogP contribution in [0.4, 0.5) is 0 Å². The molecule has 0 atom stereocenters. The predicted octanol–water partition coefficient (Wildman–Crippen LogP) is 0.235. The molecule has 0 saturated carbocycles. The van der Waals surface area contributed by atoms with Crippen molar-refractivity contribution in [1.82, 2.24) is 4.90 Å². The lowest BCUT2D eigenvalue weighted by Crippen LogP contribution is -2.18. The Morgan fingerprint density at radius 2 is 2.33 bits per heavy atom. The van der Waals surface area contributed by atoms with E-state index in [1.165, 1.54) is 0 Å². The maximum Gasteiger partial charge on any atom is 0.331 e. The van der Waals surface area contributed by atoms with Crippen LogP contribution in [0.1, 0.15) is 0 Å². The van der Waals surface area contributed by atoms with Gasteiger partial charge in [0.2, 0.25) is 0 Å². The van der Waals surface area contributed by atoms with E-state index < -0.39 is 0 Å². The number of esters is 1. The number of carbonyl (C=O) groups is 1. The van der Waals surface area contributed by atoms with Gasteiger partial charge in [-0.15, -0.1) is 0 Å². The minimum absolute atomic E-state index is 0.310. The topological polar surface area (TPSA) is 29.5 Å². The van der Waals surface area contributed by atoms with Crippen molar-refractivity contribution in [1.29, 1.82) is 0 Å². The number of nitrogens with zero attached hydrogens (tertiary/aromatic N) is 1. The lowest BCUT2D eigenvalue weighted by Gasteiger charge is -2.07. The van der Waals surface area contributed by atoms with Gasteiger partial charge in [0.15, 0.2) is 0 Å². The van der Waals surface area contributed by atoms with Crippen LogP contribution in [0.25, 0.3) is 0 Å². The summed E-state index contributed by atoms with van der Waals surface area (Å²) in [5.41, 5.74) is 0. The summed E-state index contributed by atoms with van der Waals surface area (Å²) < 4.78 is 4.62. The van der Waals surface area contributed by atoms with Crippen LogP contribution in [0, 0.1) is 0 Å². The first kappa shape index (κ1) is 8.17. The summed E-state index contributed by atoms with van der Waals surface area (Å²) in [6, 6.07) is 0. The molecule has 0 aliphatic carbocycles. The lowest BCUT2D eigenvalue weighted by molar-refractivity contribution is -0.141. The van der Waals surface area contributed by atoms with Crippen molar-refractivity contribution in [2.24, 2.45) is 0 Å². The molecule has 3 nitrogen and oxygen atoms in total. The summed E-state index contributed by atoms with van der Waals surface area (Å²) in [5, 5.41) is 0. The minimum Gasteiger partial charge on any atom is -0.446 e. The van der Waals surface area contributed by atoms with E-state index in [1.54, 1.807) is 4.90 Å². The maximum atomic E-state index is 10.3. The highest BCUT2D eigenvalue weighted by Crippen LogP contribution is 1.80. The van der Waals surface area contributed by atoms with Gasteiger partial charge in [0.25, 0.3) is 0 Å². The Balaban J connectivity index is 3.27. The van der Waals surface area contributed by atoms with E-state index >= 15 is 0 Å². The molecule has 0 spiro atoms. The van der Waals surface area contributed by atoms with Gasteiger partial charge in [0, 0.05) is 6.08 Å². The summed E-state index contributed by atoms with van der Waals surface area (Å²) in [4.78, 5) is 12.1. The molecule has 0 aromatic heterocycles. The van der Waals surface area contributed by atoms with Gasteiger partial charge in [0.1, 0.15) is 6.73 Å². The highest BCUT2D eigenvalue weighted by atomic mass is 16.5. The van der Waals surface area contributed by atoms with Gasteiger partial charge in [-0.2, -0.15) is 0 Å². The lowest BCUT2D eigenvalue weighted by atomic mass is 10.7. The Kier molecular flexibility index (Phi) is 3.71. The van der Waals surface area contributed by atoms with Crippen molar-refractivity contribution in [3.05, 3.63) is 12.7 Å². The van der Waals surface area contributed by atoms with Crippen molar-refractivity contribution >= 4 is 5.97 Å². The molecular weight excluding hydrogens is 118 g/mol. The molecule has 0 unspecified atom stereocenters. The zero-order valence-corrected chi connectivity index (χ0v) is 5.76. The first-order chi connectivity index (χ1) is 4.16. The van der Waals surface area contributed by atoms with Crippen LogP contribution in [0.2, 0.25) is 0 Å². The summed E-state index contributed by atoms with van der Waals surface area (Å²) in [6.07, 6.45) is 1.14. The molecule has 0 radical (unpaired) electrons. The minimum atomic E-state index is -0.385. The molecule has 0 aliphatic rings. The molecule has 0 heterocycles. The summed E-state index contributed by atoms with van der Waals surface area (Å²) >= 11 is 0. The number of rotatable bonds is 3. The fourth-order valence-corrected chi connectivity index (χ4v) is 0.252. The van der Waals surface area contributed by atoms with Gasteiger partial charge >= 0.3 is 5.97 Å². The standard InChI is InChI=1S/C6H11NO2/c1-4-6(8)9-5-7(2)3/h4H,1,5H2,2-3H3. The summed E-state index contributed by atoms with van der Waals surface area (Å²) in [6.45, 7) is 3.56. The average molecular weight is 129 g/mol. The van der Waals surface area contributed by atoms with Gasteiger partial charge in [-0.1, -0.05) is 6.58 Å². The Bertz CT molecular complexity index is 110. The molecule has 0 amide bonds. The molecule has 0 aromatic carbocycles. The molecule has 0 rings (SSSR count). The monoisotopic (exact) mass is 129 g/mol. The van der Waals surface area contributed by atoms with Crippen LogP contribution in [0.5, 0.6) is 0 Å². The second-order valence-corrected chi connectivity index (χ2v) is 1.88. The molecule has 0 aromatic rings. The smallest absolute Gasteiger partial charge is 0.331 e. The molecule has 0 bridgehead atoms. The normalized spacial score (nSPS) is 9.22. The summed E-state index contributed by atoms with van der Waals surface area (Å²) in [5.74, 6) is -0.385. The SMILES string of the molecule is C=CC(=O)OCN(C)C. The van der Waals surface area contributed by atoms with Crippen LogP contribution in [0.15, 0.2) is 12.7 Å². The van der Waals surface area contributed by atoms with Crippen molar-refractivity contribution in [3.63, 3.8) is 0 Å². The zero-order chi connectivity index (χ0) is 7.28. The molecule has 0 aliphatic heterocycles. The fraction of sp³-hybridized carbons (Fsp3) is 0.500. The van der Waals surface area contributed by atoms with E-state index in [0.717, 1.165) is 6.08 Å². The number of carbonyl (C=O) groups excluding carboxylic acids is 1. The molecular formula is C6H11NO2. The Labute approximate surface area is 54.9 Å². The quantitative estimate of drug-likeness (QED) is 0.310. The highest BCUT2D eigenvalue weighted by molar-refractivity contribution is 5.81. The van der Waals surface area contributed by atoms with Gasteiger partial charge < -0.3 is 4.74 Å². The number of hydrogen-bond donors (Lipinski definition) is 0. The molecule has 0 fully saturated rings. The Morgan fingerprint density at radius 1 is 1.78 bits per heavy atom. The third kappa shape index (κ3) is 5.03. The van der Waals surface area contributed by atoms with E-state index in [4.69, 9.17) is 0 Å². The van der Waals surface area contributed by atoms with E-state index in [1.807, 2.05) is 14.1 Å². The van der Waals surface area contributed by atoms with Gasteiger partial charge in [-0.25, -0.2) is 4.79 Å². The molecule has 0 N–H and O–H groups in total. The largest absolute Gasteiger partial charge is 0.446 e. The Morgan fingerprint density at radius 3 is 2.67 bits per heavy atom. The first-order valence-electron chi connectivity index (χ1n) is 2.60. The Hall–Kier alpha value is -0.830. The molecule has 9 heavy (non-hydrogen) atoms. The average Bonchev–Trinajstić information content (AvgIpc) is 1.83. The third-order valence-corrected chi connectivity index (χ3v) is 0.632. The number of hydrogen-bond acceptors (Lipinski definition) is 3. The van der Waals surface area contributed by atoms with Crippen LogP contribution < -0.4 is 0 Å². The predicted molar refractivity (Wildman–Crippen MR) is 34.8 cm³/mol. The number of ether oxygens (including phenoxy) is 1. The van der Waals surface area contributed by atoms with E-state index in [-0.39, 0.29) is 5.97 Å². The third-order valence-electron chi connectivity index (χ3n) is 0.632. The van der Waals surface area contributed by atoms with Crippen LogP contribution in [-0.4, -0.2) is 31.7 Å². The van der Waals surface area contributed by atoms with E-state index in [9.17, 15) is 4.79 Å². The molecule has 52 valence electrons. The van der Waals surface area contributed by atoms with E-state index in [0.29, 0.717) is 6.73 Å². The van der Waals surface area contributed by atoms with Crippen LogP contribution >= 0.6 is 0 Å². The fourth-order valence-electron chi connectivity index (χ4n) is 0.252. The zero-order valence-electron chi connectivity index (χ0n) is 5.76. The van der Waals surface area contributed by atoms with Gasteiger partial charge in [-0.3, -0.25) is 4.90 Å². The van der Waals surface area contributed by atoms with Crippen molar-refractivity contribution < 1.29 is 9.53 Å². The van der Waals surface area contributed by atoms with Gasteiger partial charge in [-0.05, 0) is 14.1 Å². The van der Waals surface area contributed by atoms with Crippen LogP contribution in [0.3, 0.4) is 0 Å². The molecule has 0 saturated heterocycles. The maximum absolute atomic E-state index is 10.3. The van der Waals surface area contributed by atoms with E-state index in [2.05, 4.69) is 11.3 Å². The second-order valence-electron chi connectivity index (χ2n) is 1.88. The second kappa shape index (κ2) is 4.09. The van der Waals surface area contributed by atoms with Crippen molar-refractivity contribution in [2.75, 3.05) is 20.8 Å². The van der Waals surface area contributed by atoms with Crippen molar-refractivity contribution in [3.8, 4) is 0 Å². The highest BCUT2D eigenvalue weighted by Gasteiger charge is 1.93. The van der Waals surface area contributed by atoms with Crippen LogP contribution in [-0.2, 0) is 9.53 Å². The van der Waals surface area contributed by atoms with Gasteiger partial charge in [0.05, 0.1) is 0 Å². The first-order valence-corrected chi connectivity index (χ1v) is 2.60. The summed E-state index contributed by atoms with van der Waals surface area (Å²) in [7, 11) is 3.63. The molecule has 3 heteroatoms. The van der Waals surface area contributed by atoms with Crippen molar-refractivity contribution in [2.45, 2.75) is 0 Å².